The SMILES string of the molecule is CS(=O)(=O)c1ccc(-c2cnn(-c3ccc(F)c(CN)c3)c(=O)c2-c2ccc(F)cc2)cc1. The average molecular weight is 467 g/mol. The number of halogens is 2. The lowest BCUT2D eigenvalue weighted by Gasteiger charge is -2.14. The molecule has 6 nitrogen and oxygen atoms in total. The Bertz CT molecular complexity index is 1500. The maximum Gasteiger partial charge on any atom is 0.279 e. The van der Waals surface area contributed by atoms with E-state index in [4.69, 9.17) is 5.73 Å². The molecule has 0 saturated heterocycles. The number of benzene rings is 3. The third-order valence-corrected chi connectivity index (χ3v) is 6.33. The summed E-state index contributed by atoms with van der Waals surface area (Å²) in [4.78, 5) is 13.7. The van der Waals surface area contributed by atoms with E-state index < -0.39 is 27.0 Å². The molecular formula is C24H19F2N3O3S. The Morgan fingerprint density at radius 2 is 1.58 bits per heavy atom. The molecular weight excluding hydrogens is 448 g/mol. The Hall–Kier alpha value is -3.69. The summed E-state index contributed by atoms with van der Waals surface area (Å²) in [5.74, 6) is -0.950. The molecule has 0 aliphatic rings. The molecule has 3 aromatic carbocycles. The minimum Gasteiger partial charge on any atom is -0.326 e. The highest BCUT2D eigenvalue weighted by atomic mass is 32.2. The zero-order valence-electron chi connectivity index (χ0n) is 17.5. The monoisotopic (exact) mass is 467 g/mol. The second kappa shape index (κ2) is 8.68. The Morgan fingerprint density at radius 3 is 2.18 bits per heavy atom. The van der Waals surface area contributed by atoms with Gasteiger partial charge in [0.15, 0.2) is 9.84 Å². The topological polar surface area (TPSA) is 95.1 Å². The van der Waals surface area contributed by atoms with Gasteiger partial charge in [-0.2, -0.15) is 9.78 Å². The molecule has 0 fully saturated rings. The summed E-state index contributed by atoms with van der Waals surface area (Å²) in [5.41, 5.74) is 7.29. The van der Waals surface area contributed by atoms with E-state index in [0.717, 1.165) is 10.9 Å². The van der Waals surface area contributed by atoms with Crippen LogP contribution in [0, 0.1) is 11.6 Å². The van der Waals surface area contributed by atoms with Crippen molar-refractivity contribution in [1.82, 2.24) is 9.78 Å². The van der Waals surface area contributed by atoms with Crippen LogP contribution in [0.2, 0.25) is 0 Å². The van der Waals surface area contributed by atoms with E-state index in [-0.39, 0.29) is 22.6 Å². The van der Waals surface area contributed by atoms with Crippen molar-refractivity contribution in [3.8, 4) is 27.9 Å². The molecule has 1 aromatic heterocycles. The summed E-state index contributed by atoms with van der Waals surface area (Å²) >= 11 is 0. The van der Waals surface area contributed by atoms with Crippen LogP contribution in [0.3, 0.4) is 0 Å². The largest absolute Gasteiger partial charge is 0.326 e. The standard InChI is InChI=1S/C24H19F2N3O3S/c1-33(31,32)20-9-4-15(5-10-20)21-14-28-29(19-8-11-22(26)17(12-19)13-27)24(30)23(21)16-2-6-18(25)7-3-16/h2-12,14H,13,27H2,1H3. The number of rotatable bonds is 5. The lowest BCUT2D eigenvalue weighted by atomic mass is 9.97. The van der Waals surface area contributed by atoms with E-state index in [1.165, 1.54) is 60.8 Å². The fraction of sp³-hybridized carbons (Fsp3) is 0.0833. The molecule has 1 heterocycles. The molecule has 0 radical (unpaired) electrons. The van der Waals surface area contributed by atoms with Gasteiger partial charge in [-0.25, -0.2) is 17.2 Å². The van der Waals surface area contributed by atoms with E-state index in [9.17, 15) is 22.0 Å². The van der Waals surface area contributed by atoms with Crippen molar-refractivity contribution in [3.63, 3.8) is 0 Å². The number of aromatic nitrogens is 2. The maximum absolute atomic E-state index is 13.9. The number of sulfone groups is 1. The quantitative estimate of drug-likeness (QED) is 0.483. The molecule has 168 valence electrons. The van der Waals surface area contributed by atoms with E-state index in [0.29, 0.717) is 22.4 Å². The van der Waals surface area contributed by atoms with E-state index in [2.05, 4.69) is 5.10 Å². The molecule has 0 spiro atoms. The van der Waals surface area contributed by atoms with Gasteiger partial charge >= 0.3 is 0 Å². The zero-order chi connectivity index (χ0) is 23.8. The minimum absolute atomic E-state index is 0.0516. The molecule has 33 heavy (non-hydrogen) atoms. The smallest absolute Gasteiger partial charge is 0.279 e. The third kappa shape index (κ3) is 4.46. The molecule has 0 aliphatic carbocycles. The van der Waals surface area contributed by atoms with Gasteiger partial charge in [-0.1, -0.05) is 24.3 Å². The second-order valence-electron chi connectivity index (χ2n) is 7.43. The molecule has 0 saturated carbocycles. The number of nitrogens with zero attached hydrogens (tertiary/aromatic N) is 2. The first-order valence-electron chi connectivity index (χ1n) is 9.86. The highest BCUT2D eigenvalue weighted by molar-refractivity contribution is 7.90. The lowest BCUT2D eigenvalue weighted by molar-refractivity contribution is 0.602. The Labute approximate surface area is 188 Å². The first kappa shape index (κ1) is 22.5. The van der Waals surface area contributed by atoms with Gasteiger partial charge in [0.2, 0.25) is 0 Å². The van der Waals surface area contributed by atoms with Crippen LogP contribution >= 0.6 is 0 Å². The van der Waals surface area contributed by atoms with Gasteiger partial charge in [0.1, 0.15) is 11.6 Å². The second-order valence-corrected chi connectivity index (χ2v) is 9.45. The van der Waals surface area contributed by atoms with Gasteiger partial charge < -0.3 is 5.73 Å². The van der Waals surface area contributed by atoms with Gasteiger partial charge in [-0.3, -0.25) is 4.79 Å². The van der Waals surface area contributed by atoms with Crippen LogP contribution < -0.4 is 11.3 Å². The van der Waals surface area contributed by atoms with Gasteiger partial charge in [-0.15, -0.1) is 0 Å². The maximum atomic E-state index is 13.9. The molecule has 0 amide bonds. The van der Waals surface area contributed by atoms with Crippen LogP contribution in [-0.4, -0.2) is 24.5 Å². The number of hydrogen-bond donors (Lipinski definition) is 1. The molecule has 0 aliphatic heterocycles. The van der Waals surface area contributed by atoms with Gasteiger partial charge in [0, 0.05) is 23.9 Å². The van der Waals surface area contributed by atoms with Gasteiger partial charge in [0.25, 0.3) is 5.56 Å². The van der Waals surface area contributed by atoms with Crippen molar-refractivity contribution in [2.45, 2.75) is 11.4 Å². The van der Waals surface area contributed by atoms with Crippen molar-refractivity contribution in [1.29, 1.82) is 0 Å². The van der Waals surface area contributed by atoms with Crippen molar-refractivity contribution >= 4 is 9.84 Å². The summed E-state index contributed by atoms with van der Waals surface area (Å²) in [6.07, 6.45) is 2.56. The number of hydrogen-bond acceptors (Lipinski definition) is 5. The zero-order valence-corrected chi connectivity index (χ0v) is 18.3. The summed E-state index contributed by atoms with van der Waals surface area (Å²) in [7, 11) is -3.39. The van der Waals surface area contributed by atoms with Crippen LogP contribution in [0.25, 0.3) is 27.9 Å². The molecule has 2 N–H and O–H groups in total. The first-order chi connectivity index (χ1) is 15.7. The van der Waals surface area contributed by atoms with E-state index in [1.54, 1.807) is 12.1 Å². The van der Waals surface area contributed by atoms with Crippen molar-refractivity contribution < 1.29 is 17.2 Å². The predicted molar refractivity (Wildman–Crippen MR) is 122 cm³/mol. The van der Waals surface area contributed by atoms with E-state index in [1.807, 2.05) is 0 Å². The molecule has 4 aromatic rings. The molecule has 0 bridgehead atoms. The fourth-order valence-electron chi connectivity index (χ4n) is 3.48. The summed E-state index contributed by atoms with van der Waals surface area (Å²) in [6.45, 7) is -0.0516. The Morgan fingerprint density at radius 1 is 0.939 bits per heavy atom. The van der Waals surface area contributed by atoms with Crippen LogP contribution in [0.1, 0.15) is 5.56 Å². The van der Waals surface area contributed by atoms with Crippen molar-refractivity contribution in [2.75, 3.05) is 6.26 Å². The molecule has 4 rings (SSSR count). The molecule has 9 heteroatoms. The summed E-state index contributed by atoms with van der Waals surface area (Å²) < 4.78 is 52.2. The van der Waals surface area contributed by atoms with Crippen LogP contribution in [0.4, 0.5) is 8.78 Å². The molecule has 0 atom stereocenters. The van der Waals surface area contributed by atoms with Crippen LogP contribution in [0.5, 0.6) is 0 Å². The van der Waals surface area contributed by atoms with E-state index >= 15 is 0 Å². The Kier molecular flexibility index (Phi) is 5.92. The highest BCUT2D eigenvalue weighted by Crippen LogP contribution is 2.30. The summed E-state index contributed by atoms with van der Waals surface area (Å²) in [5, 5.41) is 4.25. The van der Waals surface area contributed by atoms with Crippen LogP contribution in [0.15, 0.2) is 82.6 Å². The number of nitrogens with two attached hydrogens (primary N) is 1. The van der Waals surface area contributed by atoms with Gasteiger partial charge in [0.05, 0.1) is 22.3 Å². The van der Waals surface area contributed by atoms with Crippen LogP contribution in [-0.2, 0) is 16.4 Å². The normalized spacial score (nSPS) is 11.5. The minimum atomic E-state index is -3.39. The fourth-order valence-corrected chi connectivity index (χ4v) is 4.11. The highest BCUT2D eigenvalue weighted by Gasteiger charge is 2.18. The first-order valence-corrected chi connectivity index (χ1v) is 11.8. The van der Waals surface area contributed by atoms with Gasteiger partial charge in [-0.05, 0) is 53.6 Å². The Balaban J connectivity index is 1.95. The average Bonchev–Trinajstić information content (AvgIpc) is 2.80. The van der Waals surface area contributed by atoms with Crippen molar-refractivity contribution in [2.24, 2.45) is 5.73 Å². The molecule has 0 unspecified atom stereocenters. The lowest BCUT2D eigenvalue weighted by Crippen LogP contribution is -2.24. The predicted octanol–water partition coefficient (Wildman–Crippen LogP) is 3.71. The van der Waals surface area contributed by atoms with Crippen molar-refractivity contribution in [3.05, 3.63) is 100 Å². The third-order valence-electron chi connectivity index (χ3n) is 5.20. The summed E-state index contributed by atoms with van der Waals surface area (Å²) in [6, 6.07) is 15.5.